The van der Waals surface area contributed by atoms with Gasteiger partial charge in [-0.3, -0.25) is 68.3 Å². The second-order valence-corrected chi connectivity index (χ2v) is 17.9. The molecule has 6 atom stereocenters. The number of unbranched alkanes of at least 4 members (excludes halogenated alkanes) is 1. The van der Waals surface area contributed by atoms with Crippen LogP contribution in [0.25, 0.3) is 0 Å². The fourth-order valence-corrected chi connectivity index (χ4v) is 6.91. The third-order valence-corrected chi connectivity index (χ3v) is 10.9. The second kappa shape index (κ2) is 39.1. The van der Waals surface area contributed by atoms with Crippen LogP contribution in [0, 0.1) is 5.92 Å². The maximum absolute atomic E-state index is 14.5. The number of guanidine groups is 6. The van der Waals surface area contributed by atoms with Crippen molar-refractivity contribution in [2.24, 2.45) is 105 Å². The summed E-state index contributed by atoms with van der Waals surface area (Å²) in [5, 5.41) is 18.5. The van der Waals surface area contributed by atoms with Crippen molar-refractivity contribution in [3.05, 3.63) is 0 Å². The van der Waals surface area contributed by atoms with Crippen LogP contribution in [-0.2, 0) is 38.4 Å². The molecule has 0 fully saturated rings. The van der Waals surface area contributed by atoms with Crippen molar-refractivity contribution < 1.29 is 38.4 Å². The zero-order valence-corrected chi connectivity index (χ0v) is 44.6. The minimum Gasteiger partial charge on any atom is -0.370 e. The Balaban J connectivity index is 7.20. The number of ketones is 1. The van der Waals surface area contributed by atoms with Gasteiger partial charge in [0, 0.05) is 52.1 Å². The van der Waals surface area contributed by atoms with Crippen molar-refractivity contribution >= 4 is 82.9 Å². The summed E-state index contributed by atoms with van der Waals surface area (Å²) < 4.78 is 0. The molecule has 0 aromatic heterocycles. The molecule has 0 saturated carbocycles. The summed E-state index contributed by atoms with van der Waals surface area (Å²) in [6.07, 6.45) is 1.34. The summed E-state index contributed by atoms with van der Waals surface area (Å²) in [6, 6.07) is -7.85. The number of rotatable bonds is 40. The summed E-state index contributed by atoms with van der Waals surface area (Å²) in [6.45, 7) is 4.72. The Morgan fingerprint density at radius 3 is 0.779 bits per heavy atom. The Bertz CT molecular complexity index is 2070. The van der Waals surface area contributed by atoms with Crippen LogP contribution in [0.4, 0.5) is 0 Å². The van der Waals surface area contributed by atoms with Gasteiger partial charge in [-0.05, 0) is 83.5 Å². The highest BCUT2D eigenvalue weighted by Gasteiger charge is 2.33. The predicted molar refractivity (Wildman–Crippen MR) is 294 cm³/mol. The highest BCUT2D eigenvalue weighted by atomic mass is 16.2. The van der Waals surface area contributed by atoms with Gasteiger partial charge < -0.3 is 106 Å². The van der Waals surface area contributed by atoms with Crippen LogP contribution in [0.3, 0.4) is 0 Å². The number of aliphatic imine (C=N–C) groups is 6. The third-order valence-electron chi connectivity index (χ3n) is 10.9. The molecule has 0 radical (unpaired) electrons. The van der Waals surface area contributed by atoms with E-state index in [-0.39, 0.29) is 158 Å². The molecule has 436 valence electrons. The Hall–Kier alpha value is -8.42. The van der Waals surface area contributed by atoms with Crippen molar-refractivity contribution in [1.82, 2.24) is 37.2 Å². The summed E-state index contributed by atoms with van der Waals surface area (Å²) in [5.74, 6) is -7.21. The molecule has 0 spiro atoms. The van der Waals surface area contributed by atoms with Gasteiger partial charge in [-0.1, -0.05) is 13.8 Å². The second-order valence-electron chi connectivity index (χ2n) is 17.9. The zero-order valence-electron chi connectivity index (χ0n) is 44.6. The molecule has 0 aromatic rings. The SMILES string of the molecule is CC(=O)N[C@@H](CCCN=C(N)N)C(=O)N[C@@H](CCCCN=C(N)N)C(=O)N[C@@H](CCCN=C(N)N)C(=O)N[C@@H](CCCN=C(N)N)C(=O)N[C@@H](CCCN=C(N)N)C(=O)N[C@@H](CCCN=C(N)N)C(=O)NCC(=O)C(C)C. The molecule has 0 aliphatic carbocycles. The van der Waals surface area contributed by atoms with E-state index in [0.717, 1.165) is 0 Å². The first-order chi connectivity index (χ1) is 36.2. The standard InChI is InChI=1S/C44H87N25O8/c1-24(2)32(71)23-63-33(72)26(12-6-18-58-40(47)48)65-36(75)29(14-8-20-60-42(51)52)68-38(77)31(16-10-22-62-44(55)56)69-37(76)30(15-9-21-61-43(53)54)67-35(74)28(11-4-5-17-57-39(45)46)66-34(73)27(64-25(3)70)13-7-19-59-41(49)50/h24,26-31H,4-23H2,1-3H3,(H,63,72)(H,64,70)(H,65,75)(H,66,73)(H,67,74)(H,68,77)(H,69,76)(H4,45,46,57)(H4,47,48,58)(H4,49,50,59)(H4,51,52,60)(H4,53,54,61)(H4,55,56,62)/t26-,27-,28-,29-,30-,31-/m0/s1. The monoisotopic (exact) mass is 1090 g/mol. The Morgan fingerprint density at radius 2 is 0.545 bits per heavy atom. The van der Waals surface area contributed by atoms with Crippen LogP contribution < -0.4 is 106 Å². The van der Waals surface area contributed by atoms with Crippen molar-refractivity contribution in [2.45, 2.75) is 140 Å². The topological polar surface area (TPSA) is 607 Å². The van der Waals surface area contributed by atoms with Gasteiger partial charge in [-0.15, -0.1) is 0 Å². The van der Waals surface area contributed by atoms with E-state index < -0.39 is 83.5 Å². The molecule has 77 heavy (non-hydrogen) atoms. The average Bonchev–Trinajstić information content (AvgIpc) is 3.33. The molecule has 0 aromatic carbocycles. The smallest absolute Gasteiger partial charge is 0.243 e. The number of nitrogens with two attached hydrogens (primary N) is 12. The van der Waals surface area contributed by atoms with Gasteiger partial charge in [-0.25, -0.2) is 0 Å². The lowest BCUT2D eigenvalue weighted by Gasteiger charge is -2.28. The molecule has 0 aliphatic rings. The van der Waals surface area contributed by atoms with Crippen LogP contribution in [0.5, 0.6) is 0 Å². The molecule has 0 heterocycles. The van der Waals surface area contributed by atoms with Crippen molar-refractivity contribution in [1.29, 1.82) is 0 Å². The van der Waals surface area contributed by atoms with Crippen LogP contribution in [-0.4, -0.2) is 165 Å². The lowest BCUT2D eigenvalue weighted by Crippen LogP contribution is -2.59. The third kappa shape index (κ3) is 34.7. The number of hydrogen-bond acceptors (Lipinski definition) is 14. The van der Waals surface area contributed by atoms with E-state index in [4.69, 9.17) is 68.8 Å². The number of amides is 7. The molecule has 7 amide bonds. The Morgan fingerprint density at radius 1 is 0.325 bits per heavy atom. The first-order valence-electron chi connectivity index (χ1n) is 25.2. The largest absolute Gasteiger partial charge is 0.370 e. The van der Waals surface area contributed by atoms with Gasteiger partial charge in [0.05, 0.1) is 6.54 Å². The highest BCUT2D eigenvalue weighted by molar-refractivity contribution is 5.97. The van der Waals surface area contributed by atoms with Gasteiger partial charge in [0.15, 0.2) is 41.5 Å². The number of nitrogens with zero attached hydrogens (tertiary/aromatic N) is 6. The van der Waals surface area contributed by atoms with E-state index in [1.165, 1.54) is 6.92 Å². The lowest BCUT2D eigenvalue weighted by molar-refractivity contribution is -0.136. The minimum atomic E-state index is -1.43. The molecule has 0 saturated heterocycles. The van der Waals surface area contributed by atoms with E-state index >= 15 is 0 Å². The number of nitrogens with one attached hydrogen (secondary N) is 7. The molecule has 33 nitrogen and oxygen atoms in total. The first kappa shape index (κ1) is 68.6. The van der Waals surface area contributed by atoms with Crippen LogP contribution in [0.2, 0.25) is 0 Å². The van der Waals surface area contributed by atoms with Gasteiger partial charge in [-0.2, -0.15) is 0 Å². The van der Waals surface area contributed by atoms with Crippen LogP contribution in [0.15, 0.2) is 30.0 Å². The normalized spacial score (nSPS) is 12.9. The van der Waals surface area contributed by atoms with Crippen molar-refractivity contribution in [2.75, 3.05) is 45.8 Å². The predicted octanol–water partition coefficient (Wildman–Crippen LogP) is -8.03. The fraction of sp³-hybridized carbons (Fsp3) is 0.682. The van der Waals surface area contributed by atoms with E-state index in [0.29, 0.717) is 12.8 Å². The Labute approximate surface area is 448 Å². The van der Waals surface area contributed by atoms with E-state index in [9.17, 15) is 38.4 Å². The highest BCUT2D eigenvalue weighted by Crippen LogP contribution is 2.11. The van der Waals surface area contributed by atoms with E-state index in [2.05, 4.69) is 67.2 Å². The molecule has 0 unspecified atom stereocenters. The zero-order chi connectivity index (χ0) is 58.5. The van der Waals surface area contributed by atoms with E-state index in [1.807, 2.05) is 0 Å². The maximum Gasteiger partial charge on any atom is 0.243 e. The molecule has 0 rings (SSSR count). The summed E-state index contributed by atoms with van der Waals surface area (Å²) in [4.78, 5) is 133. The van der Waals surface area contributed by atoms with Crippen molar-refractivity contribution in [3.8, 4) is 0 Å². The molecule has 31 N–H and O–H groups in total. The minimum absolute atomic E-state index is 0.0113. The van der Waals surface area contributed by atoms with Crippen LogP contribution >= 0.6 is 0 Å². The molecule has 33 heteroatoms. The maximum atomic E-state index is 14.5. The molecular weight excluding hydrogens is 1010 g/mol. The van der Waals surface area contributed by atoms with E-state index in [1.54, 1.807) is 13.8 Å². The quantitative estimate of drug-likeness (QED) is 0.0154. The number of Topliss-reactive ketones (excluding diaryl/α,β-unsaturated/α-hetero) is 1. The molecule has 0 bridgehead atoms. The van der Waals surface area contributed by atoms with Gasteiger partial charge in [0.2, 0.25) is 41.4 Å². The fourth-order valence-electron chi connectivity index (χ4n) is 6.91. The van der Waals surface area contributed by atoms with Gasteiger partial charge >= 0.3 is 0 Å². The summed E-state index contributed by atoms with van der Waals surface area (Å²) in [5.41, 5.74) is 65.9. The molecular formula is C44H87N25O8. The van der Waals surface area contributed by atoms with Crippen molar-refractivity contribution in [3.63, 3.8) is 0 Å². The molecule has 0 aliphatic heterocycles. The number of carbonyl (C=O) groups excluding carboxylic acids is 8. The van der Waals surface area contributed by atoms with Crippen LogP contribution in [0.1, 0.15) is 104 Å². The van der Waals surface area contributed by atoms with Gasteiger partial charge in [0.1, 0.15) is 36.3 Å². The first-order valence-corrected chi connectivity index (χ1v) is 25.2. The summed E-state index contributed by atoms with van der Waals surface area (Å²) >= 11 is 0. The number of carbonyl (C=O) groups is 8. The Kier molecular flexibility index (Phi) is 34.8. The average molecular weight is 1090 g/mol. The van der Waals surface area contributed by atoms with Gasteiger partial charge in [0.25, 0.3) is 0 Å². The number of hydrogen-bond donors (Lipinski definition) is 19. The summed E-state index contributed by atoms with van der Waals surface area (Å²) in [7, 11) is 0. The lowest BCUT2D eigenvalue weighted by atomic mass is 10.0.